The van der Waals surface area contributed by atoms with Gasteiger partial charge in [0.2, 0.25) is 5.91 Å². The highest BCUT2D eigenvalue weighted by Gasteiger charge is 2.26. The van der Waals surface area contributed by atoms with Crippen LogP contribution in [0, 0.1) is 0 Å². The molecule has 4 N–H and O–H groups in total. The second-order valence-electron chi connectivity index (χ2n) is 4.56. The number of hydrogen-bond acceptors (Lipinski definition) is 4. The van der Waals surface area contributed by atoms with Crippen LogP contribution in [-0.4, -0.2) is 47.7 Å². The number of nitrogens with zero attached hydrogens (tertiary/aromatic N) is 1. The molecule has 0 saturated heterocycles. The number of amides is 3. The van der Waals surface area contributed by atoms with Crippen molar-refractivity contribution in [3.63, 3.8) is 0 Å². The third-order valence-electron chi connectivity index (χ3n) is 3.21. The standard InChI is InChI=1S/C11H21N3O3/c1-14(7-6-10(16)13-11(12)17)8-4-2-3-5-9(8)15/h8-9,15H,2-7H2,1H3,(H3,12,13,16,17). The minimum absolute atomic E-state index is 0.116. The summed E-state index contributed by atoms with van der Waals surface area (Å²) >= 11 is 0. The Bertz CT molecular complexity index is 283. The second kappa shape index (κ2) is 6.56. The van der Waals surface area contributed by atoms with Crippen LogP contribution in [0.2, 0.25) is 0 Å². The number of rotatable bonds is 4. The molecule has 1 rings (SSSR count). The average Bonchev–Trinajstić information content (AvgIpc) is 2.25. The van der Waals surface area contributed by atoms with Gasteiger partial charge < -0.3 is 15.7 Å². The number of imide groups is 1. The lowest BCUT2D eigenvalue weighted by molar-refractivity contribution is -0.120. The van der Waals surface area contributed by atoms with Crippen LogP contribution in [0.5, 0.6) is 0 Å². The fourth-order valence-electron chi connectivity index (χ4n) is 2.25. The lowest BCUT2D eigenvalue weighted by Gasteiger charge is -2.35. The van der Waals surface area contributed by atoms with E-state index in [0.29, 0.717) is 6.54 Å². The predicted molar refractivity (Wildman–Crippen MR) is 63.2 cm³/mol. The van der Waals surface area contributed by atoms with Crippen molar-refractivity contribution >= 4 is 11.9 Å². The number of primary amides is 1. The first-order valence-electron chi connectivity index (χ1n) is 5.98. The molecule has 0 spiro atoms. The number of carbonyl (C=O) groups excluding carboxylic acids is 2. The third kappa shape index (κ3) is 4.70. The summed E-state index contributed by atoms with van der Waals surface area (Å²) in [5.41, 5.74) is 4.84. The summed E-state index contributed by atoms with van der Waals surface area (Å²) in [5.74, 6) is -0.380. The number of aliphatic hydroxyl groups excluding tert-OH is 1. The molecule has 0 aliphatic heterocycles. The minimum atomic E-state index is -0.824. The lowest BCUT2D eigenvalue weighted by atomic mass is 9.91. The molecule has 0 aromatic heterocycles. The molecular weight excluding hydrogens is 222 g/mol. The topological polar surface area (TPSA) is 95.7 Å². The molecule has 2 unspecified atom stereocenters. The third-order valence-corrected chi connectivity index (χ3v) is 3.21. The van der Waals surface area contributed by atoms with Crippen LogP contribution in [-0.2, 0) is 4.79 Å². The molecule has 1 aliphatic rings. The van der Waals surface area contributed by atoms with Crippen LogP contribution in [0.3, 0.4) is 0 Å². The van der Waals surface area contributed by atoms with Gasteiger partial charge in [0.25, 0.3) is 0 Å². The number of urea groups is 1. The molecule has 0 heterocycles. The van der Waals surface area contributed by atoms with Crippen molar-refractivity contribution in [1.82, 2.24) is 10.2 Å². The number of nitrogens with two attached hydrogens (primary N) is 1. The predicted octanol–water partition coefficient (Wildman–Crippen LogP) is -0.193. The van der Waals surface area contributed by atoms with Crippen molar-refractivity contribution in [2.24, 2.45) is 5.73 Å². The SMILES string of the molecule is CN(CCC(=O)NC(N)=O)C1CCCCC1O. The van der Waals surface area contributed by atoms with E-state index in [0.717, 1.165) is 25.7 Å². The lowest BCUT2D eigenvalue weighted by Crippen LogP contribution is -2.45. The molecule has 0 bridgehead atoms. The van der Waals surface area contributed by atoms with E-state index in [4.69, 9.17) is 5.73 Å². The van der Waals surface area contributed by atoms with E-state index in [1.54, 1.807) is 0 Å². The maximum atomic E-state index is 11.2. The van der Waals surface area contributed by atoms with E-state index in [1.807, 2.05) is 17.3 Å². The highest BCUT2D eigenvalue weighted by molar-refractivity contribution is 5.93. The van der Waals surface area contributed by atoms with Crippen LogP contribution in [0.25, 0.3) is 0 Å². The van der Waals surface area contributed by atoms with E-state index >= 15 is 0 Å². The zero-order valence-corrected chi connectivity index (χ0v) is 10.2. The van der Waals surface area contributed by atoms with Gasteiger partial charge in [0, 0.05) is 19.0 Å². The Balaban J connectivity index is 2.30. The zero-order valence-electron chi connectivity index (χ0n) is 10.2. The monoisotopic (exact) mass is 243 g/mol. The molecule has 6 heteroatoms. The van der Waals surface area contributed by atoms with E-state index in [9.17, 15) is 14.7 Å². The molecule has 1 saturated carbocycles. The Hall–Kier alpha value is -1.14. The second-order valence-corrected chi connectivity index (χ2v) is 4.56. The highest BCUT2D eigenvalue weighted by Crippen LogP contribution is 2.22. The summed E-state index contributed by atoms with van der Waals surface area (Å²) in [5, 5.41) is 11.9. The molecule has 0 aromatic rings. The summed E-state index contributed by atoms with van der Waals surface area (Å²) in [6.45, 7) is 0.515. The number of carbonyl (C=O) groups is 2. The average molecular weight is 243 g/mol. The van der Waals surface area contributed by atoms with E-state index in [1.165, 1.54) is 0 Å². The van der Waals surface area contributed by atoms with Crippen LogP contribution in [0.15, 0.2) is 0 Å². The van der Waals surface area contributed by atoms with Crippen molar-refractivity contribution in [2.45, 2.75) is 44.2 Å². The fourth-order valence-corrected chi connectivity index (χ4v) is 2.25. The van der Waals surface area contributed by atoms with Gasteiger partial charge in [0.1, 0.15) is 0 Å². The van der Waals surface area contributed by atoms with E-state index in [-0.39, 0.29) is 24.5 Å². The van der Waals surface area contributed by atoms with Gasteiger partial charge in [0.15, 0.2) is 0 Å². The Morgan fingerprint density at radius 2 is 2.06 bits per heavy atom. The van der Waals surface area contributed by atoms with Crippen molar-refractivity contribution in [3.8, 4) is 0 Å². The Morgan fingerprint density at radius 3 is 2.65 bits per heavy atom. The Kier molecular flexibility index (Phi) is 5.37. The summed E-state index contributed by atoms with van der Waals surface area (Å²) in [7, 11) is 1.89. The number of aliphatic hydroxyl groups is 1. The first-order chi connectivity index (χ1) is 8.00. The van der Waals surface area contributed by atoms with Gasteiger partial charge in [-0.3, -0.25) is 10.1 Å². The molecule has 3 amide bonds. The number of nitrogens with one attached hydrogen (secondary N) is 1. The van der Waals surface area contributed by atoms with Gasteiger partial charge in [-0.15, -0.1) is 0 Å². The van der Waals surface area contributed by atoms with Crippen molar-refractivity contribution < 1.29 is 14.7 Å². The maximum absolute atomic E-state index is 11.2. The number of likely N-dealkylation sites (N-methyl/N-ethyl adjacent to an activating group) is 1. The first-order valence-corrected chi connectivity index (χ1v) is 5.98. The summed E-state index contributed by atoms with van der Waals surface area (Å²) in [6.07, 6.45) is 3.85. The molecule has 98 valence electrons. The molecule has 0 aromatic carbocycles. The maximum Gasteiger partial charge on any atom is 0.318 e. The highest BCUT2D eigenvalue weighted by atomic mass is 16.3. The van der Waals surface area contributed by atoms with Crippen LogP contribution < -0.4 is 11.1 Å². The minimum Gasteiger partial charge on any atom is -0.391 e. The Morgan fingerprint density at radius 1 is 1.41 bits per heavy atom. The van der Waals surface area contributed by atoms with Gasteiger partial charge in [-0.1, -0.05) is 12.8 Å². The molecule has 6 nitrogen and oxygen atoms in total. The molecule has 1 aliphatic carbocycles. The van der Waals surface area contributed by atoms with Crippen molar-refractivity contribution in [3.05, 3.63) is 0 Å². The number of hydrogen-bond donors (Lipinski definition) is 3. The molecule has 0 radical (unpaired) electrons. The largest absolute Gasteiger partial charge is 0.391 e. The van der Waals surface area contributed by atoms with Crippen LogP contribution in [0.1, 0.15) is 32.1 Å². The first kappa shape index (κ1) is 13.9. The zero-order chi connectivity index (χ0) is 12.8. The van der Waals surface area contributed by atoms with Crippen molar-refractivity contribution in [2.75, 3.05) is 13.6 Å². The van der Waals surface area contributed by atoms with E-state index in [2.05, 4.69) is 0 Å². The van der Waals surface area contributed by atoms with Gasteiger partial charge in [-0.2, -0.15) is 0 Å². The quantitative estimate of drug-likeness (QED) is 0.637. The molecule has 2 atom stereocenters. The van der Waals surface area contributed by atoms with Gasteiger partial charge >= 0.3 is 6.03 Å². The summed E-state index contributed by atoms with van der Waals surface area (Å²) in [4.78, 5) is 23.6. The normalized spacial score (nSPS) is 24.6. The van der Waals surface area contributed by atoms with Crippen LogP contribution in [0.4, 0.5) is 4.79 Å². The summed E-state index contributed by atoms with van der Waals surface area (Å²) in [6, 6.07) is -0.708. The van der Waals surface area contributed by atoms with Gasteiger partial charge in [-0.05, 0) is 19.9 Å². The fraction of sp³-hybridized carbons (Fsp3) is 0.818. The molecular formula is C11H21N3O3. The van der Waals surface area contributed by atoms with Crippen molar-refractivity contribution in [1.29, 1.82) is 0 Å². The summed E-state index contributed by atoms with van der Waals surface area (Å²) < 4.78 is 0. The molecule has 17 heavy (non-hydrogen) atoms. The smallest absolute Gasteiger partial charge is 0.318 e. The van der Waals surface area contributed by atoms with Gasteiger partial charge in [-0.25, -0.2) is 4.79 Å². The van der Waals surface area contributed by atoms with Crippen LogP contribution >= 0.6 is 0 Å². The molecule has 1 fully saturated rings. The Labute approximate surface area is 101 Å². The van der Waals surface area contributed by atoms with Gasteiger partial charge in [0.05, 0.1) is 6.10 Å². The van der Waals surface area contributed by atoms with E-state index < -0.39 is 6.03 Å².